The molecule has 0 aromatic rings. The average Bonchev–Trinajstić information content (AvgIpc) is 3.73. The van der Waals surface area contributed by atoms with Crippen LogP contribution in [0.3, 0.4) is 0 Å². The van der Waals surface area contributed by atoms with E-state index in [4.69, 9.17) is 37.9 Å². The van der Waals surface area contributed by atoms with Gasteiger partial charge in [0.15, 0.2) is 0 Å². The van der Waals surface area contributed by atoms with Crippen LogP contribution < -0.4 is 0 Å². The highest BCUT2D eigenvalue weighted by Gasteiger charge is 2.18. The second-order valence-corrected chi connectivity index (χ2v) is 26.1. The molecule has 19 nitrogen and oxygen atoms in total. The Morgan fingerprint density at radius 1 is 0.234 bits per heavy atom. The molecule has 0 aromatic heterocycles. The van der Waals surface area contributed by atoms with Crippen molar-refractivity contribution in [1.29, 1.82) is 0 Å². The van der Waals surface area contributed by atoms with Crippen molar-refractivity contribution in [2.24, 2.45) is 23.7 Å². The molecular weight excluding hydrogens is 1200 g/mol. The van der Waals surface area contributed by atoms with Gasteiger partial charge in [-0.1, -0.05) is 158 Å². The molecule has 0 aromatic carbocycles. The van der Waals surface area contributed by atoms with Gasteiger partial charge in [-0.2, -0.15) is 0 Å². The van der Waals surface area contributed by atoms with Gasteiger partial charge in [0, 0.05) is 51.9 Å². The van der Waals surface area contributed by atoms with E-state index in [9.17, 15) is 38.4 Å². The van der Waals surface area contributed by atoms with Gasteiger partial charge in [0.25, 0.3) is 0 Å². The standard InChI is InChI=1S/C75H139N3O16/c1-10-18-32-64(14-5)36-40-68(79)87-56-22-26-60-91-72(83)44-52-77(53-45-73(84)92-61-27-23-57-88-69(80)41-37-65(15-6)33-19-11-2)50-30-48-76(9)49-31-51-78(54-46-74(85)93-62-28-24-58-89-70(81)42-38-66(16-7)34-20-12-3)55-47-75(86)94-63-29-25-59-90-71(82)43-39-67(17-8)35-21-13-4/h64-67H,10-63H2,1-9H3. The predicted molar refractivity (Wildman–Crippen MR) is 373 cm³/mol. The zero-order valence-corrected chi connectivity index (χ0v) is 61.4. The molecule has 19 heteroatoms. The highest BCUT2D eigenvalue weighted by Crippen LogP contribution is 2.22. The molecule has 0 aliphatic heterocycles. The Morgan fingerprint density at radius 3 is 0.606 bits per heavy atom. The van der Waals surface area contributed by atoms with Crippen LogP contribution in [0, 0.1) is 23.7 Å². The molecule has 4 unspecified atom stereocenters. The largest absolute Gasteiger partial charge is 0.466 e. The van der Waals surface area contributed by atoms with E-state index in [-0.39, 0.29) is 99.9 Å². The van der Waals surface area contributed by atoms with Gasteiger partial charge in [-0.05, 0) is 147 Å². The van der Waals surface area contributed by atoms with Crippen molar-refractivity contribution < 1.29 is 76.3 Å². The fourth-order valence-electron chi connectivity index (χ4n) is 11.3. The minimum Gasteiger partial charge on any atom is -0.466 e. The third-order valence-corrected chi connectivity index (χ3v) is 18.0. The number of hydrogen-bond donors (Lipinski definition) is 0. The van der Waals surface area contributed by atoms with Crippen LogP contribution in [0.25, 0.3) is 0 Å². The third-order valence-electron chi connectivity index (χ3n) is 18.0. The van der Waals surface area contributed by atoms with Crippen LogP contribution in [0.2, 0.25) is 0 Å². The van der Waals surface area contributed by atoms with E-state index in [2.05, 4.69) is 70.1 Å². The number of hydrogen-bond acceptors (Lipinski definition) is 19. The Hall–Kier alpha value is -4.36. The second kappa shape index (κ2) is 64.6. The van der Waals surface area contributed by atoms with Gasteiger partial charge in [0.2, 0.25) is 0 Å². The number of carbonyl (C=O) groups is 8. The molecule has 0 radical (unpaired) electrons. The van der Waals surface area contributed by atoms with Crippen LogP contribution in [0.4, 0.5) is 0 Å². The molecule has 0 heterocycles. The molecule has 0 rings (SSSR count). The Morgan fingerprint density at radius 2 is 0.426 bits per heavy atom. The highest BCUT2D eigenvalue weighted by molar-refractivity contribution is 5.72. The van der Waals surface area contributed by atoms with Crippen molar-refractivity contribution in [3.8, 4) is 0 Å². The fourth-order valence-corrected chi connectivity index (χ4v) is 11.3. The van der Waals surface area contributed by atoms with Gasteiger partial charge in [0.05, 0.1) is 78.5 Å². The van der Waals surface area contributed by atoms with E-state index in [1.807, 2.05) is 7.05 Å². The Kier molecular flexibility index (Phi) is 61.6. The van der Waals surface area contributed by atoms with Crippen molar-refractivity contribution in [2.45, 2.75) is 299 Å². The predicted octanol–water partition coefficient (Wildman–Crippen LogP) is 15.3. The first-order valence-electron chi connectivity index (χ1n) is 37.9. The smallest absolute Gasteiger partial charge is 0.307 e. The van der Waals surface area contributed by atoms with Crippen molar-refractivity contribution in [1.82, 2.24) is 14.7 Å². The molecule has 0 aliphatic rings. The Labute approximate surface area is 571 Å². The number of rotatable bonds is 68. The molecule has 0 amide bonds. The normalized spacial score (nSPS) is 12.7. The zero-order valence-electron chi connectivity index (χ0n) is 61.4. The van der Waals surface area contributed by atoms with Crippen molar-refractivity contribution >= 4 is 47.8 Å². The summed E-state index contributed by atoms with van der Waals surface area (Å²) in [6.07, 6.45) is 30.0. The first-order chi connectivity index (χ1) is 45.5. The average molecular weight is 1340 g/mol. The summed E-state index contributed by atoms with van der Waals surface area (Å²) in [5.74, 6) is 0.128. The maximum absolute atomic E-state index is 13.0. The summed E-state index contributed by atoms with van der Waals surface area (Å²) in [5.41, 5.74) is 0. The number of nitrogens with zero attached hydrogens (tertiary/aromatic N) is 3. The lowest BCUT2D eigenvalue weighted by Crippen LogP contribution is -2.34. The van der Waals surface area contributed by atoms with Crippen LogP contribution in [0.1, 0.15) is 299 Å². The lowest BCUT2D eigenvalue weighted by Gasteiger charge is -2.25. The molecule has 94 heavy (non-hydrogen) atoms. The van der Waals surface area contributed by atoms with E-state index >= 15 is 0 Å². The first kappa shape index (κ1) is 89.6. The minimum absolute atomic E-state index is 0.149. The SMILES string of the molecule is CCCCC(CC)CCC(=O)OCCCCOC(=O)CCN(CCCN(C)CCCN(CCC(=O)OCCCCOC(=O)CCC(CC)CCCC)CCC(=O)OCCCCOC(=O)CCC(CC)CCCC)CCC(=O)OCCCCOC(=O)CCC(CC)CCCC. The van der Waals surface area contributed by atoms with Crippen molar-refractivity contribution in [3.05, 3.63) is 0 Å². The maximum Gasteiger partial charge on any atom is 0.307 e. The molecule has 0 saturated heterocycles. The number of carbonyl (C=O) groups excluding carboxylic acids is 8. The monoisotopic (exact) mass is 1340 g/mol. The summed E-state index contributed by atoms with van der Waals surface area (Å²) >= 11 is 0. The summed E-state index contributed by atoms with van der Waals surface area (Å²) in [5, 5.41) is 0. The molecule has 0 spiro atoms. The van der Waals surface area contributed by atoms with E-state index in [1.54, 1.807) is 0 Å². The van der Waals surface area contributed by atoms with Gasteiger partial charge in [-0.3, -0.25) is 38.4 Å². The van der Waals surface area contributed by atoms with Gasteiger partial charge >= 0.3 is 47.8 Å². The molecule has 0 aliphatic carbocycles. The summed E-state index contributed by atoms with van der Waals surface area (Å²) in [6, 6.07) is 0. The third kappa shape index (κ3) is 56.8. The fraction of sp³-hybridized carbons (Fsp3) is 0.893. The topological polar surface area (TPSA) is 220 Å². The van der Waals surface area contributed by atoms with Crippen molar-refractivity contribution in [2.75, 3.05) is 112 Å². The van der Waals surface area contributed by atoms with Crippen molar-refractivity contribution in [3.63, 3.8) is 0 Å². The van der Waals surface area contributed by atoms with E-state index in [0.717, 1.165) is 129 Å². The van der Waals surface area contributed by atoms with Gasteiger partial charge in [-0.25, -0.2) is 0 Å². The molecular formula is C75H139N3O16. The summed E-state index contributed by atoms with van der Waals surface area (Å²) in [4.78, 5) is 108. The number of esters is 8. The lowest BCUT2D eigenvalue weighted by molar-refractivity contribution is -0.147. The summed E-state index contributed by atoms with van der Waals surface area (Å²) < 4.78 is 44.1. The molecule has 0 N–H and O–H groups in total. The van der Waals surface area contributed by atoms with Gasteiger partial charge in [0.1, 0.15) is 0 Å². The van der Waals surface area contributed by atoms with E-state index in [0.29, 0.717) is 166 Å². The number of unbranched alkanes of at least 4 members (excludes halogenated alkanes) is 8. The summed E-state index contributed by atoms with van der Waals surface area (Å²) in [7, 11) is 2.04. The van der Waals surface area contributed by atoms with Crippen LogP contribution in [0.15, 0.2) is 0 Å². The molecule has 0 fully saturated rings. The molecule has 0 bridgehead atoms. The highest BCUT2D eigenvalue weighted by atomic mass is 16.6. The Balaban J connectivity index is 5.43. The van der Waals surface area contributed by atoms with Gasteiger partial charge < -0.3 is 52.6 Å². The first-order valence-corrected chi connectivity index (χ1v) is 37.9. The van der Waals surface area contributed by atoms with Crippen LogP contribution >= 0.6 is 0 Å². The van der Waals surface area contributed by atoms with Crippen LogP contribution in [-0.4, -0.2) is 175 Å². The van der Waals surface area contributed by atoms with Crippen LogP contribution in [0.5, 0.6) is 0 Å². The molecule has 550 valence electrons. The lowest BCUT2D eigenvalue weighted by atomic mass is 9.94. The molecule has 4 atom stereocenters. The summed E-state index contributed by atoms with van der Waals surface area (Å²) in [6.45, 7) is 23.8. The second-order valence-electron chi connectivity index (χ2n) is 26.1. The maximum atomic E-state index is 13.0. The van der Waals surface area contributed by atoms with E-state index in [1.165, 1.54) is 25.7 Å². The molecule has 0 saturated carbocycles. The Bertz CT molecular complexity index is 1640. The van der Waals surface area contributed by atoms with Gasteiger partial charge in [-0.15, -0.1) is 0 Å². The number of ether oxygens (including phenoxy) is 8. The zero-order chi connectivity index (χ0) is 69.5. The minimum atomic E-state index is -0.334. The van der Waals surface area contributed by atoms with Crippen LogP contribution in [-0.2, 0) is 76.3 Å². The van der Waals surface area contributed by atoms with E-state index < -0.39 is 0 Å². The quantitative estimate of drug-likeness (QED) is 0.0314.